The highest BCUT2D eigenvalue weighted by Gasteiger charge is 2.16. The van der Waals surface area contributed by atoms with Crippen molar-refractivity contribution in [1.82, 2.24) is 0 Å². The molecule has 1 aliphatic carbocycles. The first kappa shape index (κ1) is 9.25. The first-order valence-corrected chi connectivity index (χ1v) is 5.04. The van der Waals surface area contributed by atoms with Crippen molar-refractivity contribution in [2.75, 3.05) is 0 Å². The maximum atomic E-state index is 11.7. The maximum absolute atomic E-state index is 11.7. The molecule has 2 nitrogen and oxygen atoms in total. The number of rotatable bonds is 0. The molecule has 2 heteroatoms. The molecule has 0 saturated carbocycles. The quantitative estimate of drug-likeness (QED) is 0.638. The van der Waals surface area contributed by atoms with Gasteiger partial charge in [-0.15, -0.1) is 0 Å². The average Bonchev–Trinajstić information content (AvgIpc) is 2.31. The first-order valence-electron chi connectivity index (χ1n) is 5.04. The van der Waals surface area contributed by atoms with E-state index in [9.17, 15) is 9.90 Å². The number of aryl methyl sites for hydroxylation is 2. The van der Waals surface area contributed by atoms with Gasteiger partial charge < -0.3 is 5.11 Å². The molecule has 0 amide bonds. The Balaban J connectivity index is 2.54. The molecular formula is C12H14O2. The molecule has 0 unspecified atom stereocenters. The Labute approximate surface area is 83.6 Å². The Morgan fingerprint density at radius 2 is 1.93 bits per heavy atom. The summed E-state index contributed by atoms with van der Waals surface area (Å²) in [7, 11) is 0. The normalized spacial score (nSPS) is 16.2. The van der Waals surface area contributed by atoms with E-state index >= 15 is 0 Å². The van der Waals surface area contributed by atoms with Crippen LogP contribution in [0, 0.1) is 6.92 Å². The molecular weight excluding hydrogens is 176 g/mol. The SMILES string of the molecule is Cc1cc2c(cc1O)CCCCC2=O. The molecule has 0 saturated heterocycles. The van der Waals surface area contributed by atoms with Crippen LogP contribution in [0.2, 0.25) is 0 Å². The number of ketones is 1. The van der Waals surface area contributed by atoms with E-state index in [1.54, 1.807) is 6.07 Å². The summed E-state index contributed by atoms with van der Waals surface area (Å²) in [4.78, 5) is 11.7. The number of benzene rings is 1. The number of carbonyl (C=O) groups is 1. The van der Waals surface area contributed by atoms with Crippen LogP contribution in [0.15, 0.2) is 12.1 Å². The van der Waals surface area contributed by atoms with Crippen molar-refractivity contribution >= 4 is 5.78 Å². The van der Waals surface area contributed by atoms with E-state index in [2.05, 4.69) is 0 Å². The summed E-state index contributed by atoms with van der Waals surface area (Å²) in [6.07, 6.45) is 3.57. The molecule has 1 N–H and O–H groups in total. The number of phenols is 1. The van der Waals surface area contributed by atoms with Crippen LogP contribution < -0.4 is 0 Å². The zero-order valence-electron chi connectivity index (χ0n) is 8.34. The summed E-state index contributed by atoms with van der Waals surface area (Å²) in [6, 6.07) is 3.56. The third kappa shape index (κ3) is 1.52. The second-order valence-electron chi connectivity index (χ2n) is 3.93. The Morgan fingerprint density at radius 3 is 2.71 bits per heavy atom. The molecule has 1 aromatic carbocycles. The number of hydrogen-bond acceptors (Lipinski definition) is 2. The van der Waals surface area contributed by atoms with Crippen LogP contribution in [-0.2, 0) is 6.42 Å². The van der Waals surface area contributed by atoms with Gasteiger partial charge in [0.2, 0.25) is 0 Å². The number of phenolic OH excluding ortho intramolecular Hbond substituents is 1. The predicted octanol–water partition coefficient (Wildman–Crippen LogP) is 2.61. The molecule has 14 heavy (non-hydrogen) atoms. The molecule has 0 aliphatic heterocycles. The van der Waals surface area contributed by atoms with Gasteiger partial charge in [0.15, 0.2) is 5.78 Å². The third-order valence-corrected chi connectivity index (χ3v) is 2.82. The van der Waals surface area contributed by atoms with E-state index in [4.69, 9.17) is 0 Å². The smallest absolute Gasteiger partial charge is 0.163 e. The minimum atomic E-state index is 0.223. The van der Waals surface area contributed by atoms with Crippen LogP contribution in [0.3, 0.4) is 0 Å². The number of carbonyl (C=O) groups excluding carboxylic acids is 1. The van der Waals surface area contributed by atoms with E-state index in [-0.39, 0.29) is 5.78 Å². The standard InChI is InChI=1S/C12H14O2/c1-8-6-10-9(7-12(8)14)4-2-3-5-11(10)13/h6-7,14H,2-5H2,1H3. The molecule has 1 aromatic rings. The van der Waals surface area contributed by atoms with Gasteiger partial charge in [0, 0.05) is 12.0 Å². The molecule has 2 rings (SSSR count). The zero-order chi connectivity index (χ0) is 10.1. The van der Waals surface area contributed by atoms with E-state index in [0.29, 0.717) is 12.2 Å². The molecule has 0 heterocycles. The van der Waals surface area contributed by atoms with Gasteiger partial charge in [0.05, 0.1) is 0 Å². The first-order chi connectivity index (χ1) is 6.68. The van der Waals surface area contributed by atoms with Gasteiger partial charge in [0.25, 0.3) is 0 Å². The summed E-state index contributed by atoms with van der Waals surface area (Å²) in [5, 5.41) is 9.54. The Morgan fingerprint density at radius 1 is 1.21 bits per heavy atom. The van der Waals surface area contributed by atoms with Crippen molar-refractivity contribution in [1.29, 1.82) is 0 Å². The fraction of sp³-hybridized carbons (Fsp3) is 0.417. The molecule has 74 valence electrons. The highest BCUT2D eigenvalue weighted by Crippen LogP contribution is 2.27. The predicted molar refractivity (Wildman–Crippen MR) is 54.7 cm³/mol. The van der Waals surface area contributed by atoms with Gasteiger partial charge in [-0.2, -0.15) is 0 Å². The number of fused-ring (bicyclic) bond motifs is 1. The fourth-order valence-electron chi connectivity index (χ4n) is 1.94. The van der Waals surface area contributed by atoms with Crippen LogP contribution >= 0.6 is 0 Å². The van der Waals surface area contributed by atoms with E-state index in [1.807, 2.05) is 13.0 Å². The second kappa shape index (κ2) is 3.45. The van der Waals surface area contributed by atoms with E-state index < -0.39 is 0 Å². The topological polar surface area (TPSA) is 37.3 Å². The monoisotopic (exact) mass is 190 g/mol. The molecule has 0 fully saturated rings. The highest BCUT2D eigenvalue weighted by molar-refractivity contribution is 5.98. The molecule has 0 radical (unpaired) electrons. The van der Waals surface area contributed by atoms with Crippen molar-refractivity contribution in [3.8, 4) is 5.75 Å². The minimum absolute atomic E-state index is 0.223. The maximum Gasteiger partial charge on any atom is 0.163 e. The molecule has 0 bridgehead atoms. The van der Waals surface area contributed by atoms with Crippen LogP contribution in [0.25, 0.3) is 0 Å². The summed E-state index contributed by atoms with van der Waals surface area (Å²) < 4.78 is 0. The lowest BCUT2D eigenvalue weighted by Crippen LogP contribution is -2.00. The van der Waals surface area contributed by atoms with Crippen LogP contribution in [0.1, 0.15) is 40.7 Å². The molecule has 0 aromatic heterocycles. The number of aromatic hydroxyl groups is 1. The summed E-state index contributed by atoms with van der Waals surface area (Å²) in [6.45, 7) is 1.83. The second-order valence-corrected chi connectivity index (χ2v) is 3.93. The van der Waals surface area contributed by atoms with Crippen molar-refractivity contribution in [3.05, 3.63) is 28.8 Å². The lowest BCUT2D eigenvalue weighted by Gasteiger charge is -2.07. The third-order valence-electron chi connectivity index (χ3n) is 2.82. The largest absolute Gasteiger partial charge is 0.508 e. The average molecular weight is 190 g/mol. The Bertz CT molecular complexity index is 380. The Kier molecular flexibility index (Phi) is 2.28. The number of hydrogen-bond donors (Lipinski definition) is 1. The minimum Gasteiger partial charge on any atom is -0.508 e. The van der Waals surface area contributed by atoms with Crippen LogP contribution in [0.5, 0.6) is 5.75 Å². The van der Waals surface area contributed by atoms with Crippen molar-refractivity contribution in [2.24, 2.45) is 0 Å². The lowest BCUT2D eigenvalue weighted by molar-refractivity contribution is 0.0982. The van der Waals surface area contributed by atoms with Gasteiger partial charge >= 0.3 is 0 Å². The summed E-state index contributed by atoms with van der Waals surface area (Å²) in [5.41, 5.74) is 2.62. The summed E-state index contributed by atoms with van der Waals surface area (Å²) in [5.74, 6) is 0.527. The Hall–Kier alpha value is -1.31. The molecule has 1 aliphatic rings. The number of Topliss-reactive ketones (excluding diaryl/α,β-unsaturated/α-hetero) is 1. The summed E-state index contributed by atoms with van der Waals surface area (Å²) >= 11 is 0. The highest BCUT2D eigenvalue weighted by atomic mass is 16.3. The van der Waals surface area contributed by atoms with Gasteiger partial charge in [-0.25, -0.2) is 0 Å². The van der Waals surface area contributed by atoms with Crippen molar-refractivity contribution in [2.45, 2.75) is 32.6 Å². The van der Waals surface area contributed by atoms with Gasteiger partial charge in [-0.3, -0.25) is 4.79 Å². The lowest BCUT2D eigenvalue weighted by atomic mass is 9.99. The molecule has 0 atom stereocenters. The van der Waals surface area contributed by atoms with Crippen molar-refractivity contribution in [3.63, 3.8) is 0 Å². The van der Waals surface area contributed by atoms with Gasteiger partial charge in [0.1, 0.15) is 5.75 Å². The van der Waals surface area contributed by atoms with E-state index in [1.165, 1.54) is 0 Å². The van der Waals surface area contributed by atoms with Crippen LogP contribution in [-0.4, -0.2) is 10.9 Å². The zero-order valence-corrected chi connectivity index (χ0v) is 8.34. The van der Waals surface area contributed by atoms with E-state index in [0.717, 1.165) is 36.0 Å². The van der Waals surface area contributed by atoms with Crippen LogP contribution in [0.4, 0.5) is 0 Å². The van der Waals surface area contributed by atoms with Crippen molar-refractivity contribution < 1.29 is 9.90 Å². The fourth-order valence-corrected chi connectivity index (χ4v) is 1.94. The molecule has 0 spiro atoms. The van der Waals surface area contributed by atoms with Gasteiger partial charge in [-0.05, 0) is 49.4 Å². The van der Waals surface area contributed by atoms with Gasteiger partial charge in [-0.1, -0.05) is 0 Å².